The maximum atomic E-state index is 11.7. The van der Waals surface area contributed by atoms with Crippen LogP contribution in [-0.4, -0.2) is 26.8 Å². The number of rotatable bonds is 4. The molecule has 18 heavy (non-hydrogen) atoms. The fourth-order valence-electron chi connectivity index (χ4n) is 1.17. The average molecular weight is 303 g/mol. The van der Waals surface area contributed by atoms with Gasteiger partial charge < -0.3 is 5.32 Å². The Morgan fingerprint density at radius 3 is 2.94 bits per heavy atom. The molecular weight excluding hydrogens is 295 g/mol. The number of H-pyrrole nitrogens is 1. The number of aromatic nitrogens is 3. The molecule has 2 aromatic rings. The van der Waals surface area contributed by atoms with Gasteiger partial charge in [-0.15, -0.1) is 0 Å². The molecule has 2 N–H and O–H groups in total. The van der Waals surface area contributed by atoms with Gasteiger partial charge in [-0.3, -0.25) is 9.89 Å². The number of carbonyl (C=O) groups is 1. The van der Waals surface area contributed by atoms with Crippen LogP contribution in [0.2, 0.25) is 10.0 Å². The number of amides is 1. The van der Waals surface area contributed by atoms with Crippen molar-refractivity contribution in [1.29, 1.82) is 0 Å². The third-order valence-electron chi connectivity index (χ3n) is 1.94. The minimum atomic E-state index is -0.180. The van der Waals surface area contributed by atoms with E-state index >= 15 is 0 Å². The standard InChI is InChI=1S/C10H8Cl2N4OS/c11-6-1-2-8(7(12)3-6)15-9(17)4-18-10-13-5-14-16-10/h1-3,5H,4H2,(H,15,17)(H,13,14,16). The Morgan fingerprint density at radius 2 is 2.28 bits per heavy atom. The normalized spacial score (nSPS) is 10.3. The molecule has 0 aliphatic carbocycles. The van der Waals surface area contributed by atoms with E-state index in [2.05, 4.69) is 20.5 Å². The highest BCUT2D eigenvalue weighted by Crippen LogP contribution is 2.25. The van der Waals surface area contributed by atoms with Crippen molar-refractivity contribution in [3.8, 4) is 0 Å². The Morgan fingerprint density at radius 1 is 1.44 bits per heavy atom. The second-order valence-corrected chi connectivity index (χ2v) is 5.06. The van der Waals surface area contributed by atoms with Gasteiger partial charge in [0.1, 0.15) is 6.33 Å². The first kappa shape index (κ1) is 13.2. The molecule has 0 atom stereocenters. The molecule has 0 bridgehead atoms. The molecule has 0 saturated carbocycles. The Hall–Kier alpha value is -1.24. The van der Waals surface area contributed by atoms with Crippen LogP contribution in [-0.2, 0) is 4.79 Å². The summed E-state index contributed by atoms with van der Waals surface area (Å²) in [6, 6.07) is 4.89. The summed E-state index contributed by atoms with van der Waals surface area (Å²) in [4.78, 5) is 15.6. The highest BCUT2D eigenvalue weighted by molar-refractivity contribution is 7.99. The average Bonchev–Trinajstić information content (AvgIpc) is 2.83. The summed E-state index contributed by atoms with van der Waals surface area (Å²) in [5.41, 5.74) is 0.532. The third-order valence-corrected chi connectivity index (χ3v) is 3.36. The highest BCUT2D eigenvalue weighted by atomic mass is 35.5. The molecule has 0 aliphatic heterocycles. The van der Waals surface area contributed by atoms with E-state index in [1.807, 2.05) is 0 Å². The third kappa shape index (κ3) is 3.63. The summed E-state index contributed by atoms with van der Waals surface area (Å²) < 4.78 is 0. The van der Waals surface area contributed by atoms with Crippen LogP contribution < -0.4 is 5.32 Å². The number of aromatic amines is 1. The van der Waals surface area contributed by atoms with Gasteiger partial charge in [-0.25, -0.2) is 4.98 Å². The van der Waals surface area contributed by atoms with E-state index in [0.29, 0.717) is 20.9 Å². The molecule has 0 aliphatic rings. The molecule has 0 spiro atoms. The van der Waals surface area contributed by atoms with E-state index in [4.69, 9.17) is 23.2 Å². The lowest BCUT2D eigenvalue weighted by Gasteiger charge is -2.06. The second kappa shape index (κ2) is 6.08. The zero-order chi connectivity index (χ0) is 13.0. The number of carbonyl (C=O) groups excluding carboxylic acids is 1. The Bertz CT molecular complexity index is 547. The minimum absolute atomic E-state index is 0.180. The first-order valence-corrected chi connectivity index (χ1v) is 6.62. The first-order valence-electron chi connectivity index (χ1n) is 4.88. The minimum Gasteiger partial charge on any atom is -0.324 e. The maximum Gasteiger partial charge on any atom is 0.234 e. The van der Waals surface area contributed by atoms with E-state index < -0.39 is 0 Å². The summed E-state index contributed by atoms with van der Waals surface area (Å²) in [5, 5.41) is 10.5. The van der Waals surface area contributed by atoms with Gasteiger partial charge in [0.15, 0.2) is 5.16 Å². The summed E-state index contributed by atoms with van der Waals surface area (Å²) in [6.45, 7) is 0. The number of thioether (sulfide) groups is 1. The highest BCUT2D eigenvalue weighted by Gasteiger charge is 2.08. The predicted molar refractivity (Wildman–Crippen MR) is 72.2 cm³/mol. The van der Waals surface area contributed by atoms with Gasteiger partial charge in [-0.1, -0.05) is 35.0 Å². The van der Waals surface area contributed by atoms with Crippen molar-refractivity contribution in [3.05, 3.63) is 34.6 Å². The van der Waals surface area contributed by atoms with Crippen molar-refractivity contribution in [2.24, 2.45) is 0 Å². The van der Waals surface area contributed by atoms with Crippen molar-refractivity contribution in [2.75, 3.05) is 11.1 Å². The number of anilines is 1. The van der Waals surface area contributed by atoms with Crippen LogP contribution in [0.25, 0.3) is 0 Å². The van der Waals surface area contributed by atoms with Gasteiger partial charge in [0.2, 0.25) is 5.91 Å². The van der Waals surface area contributed by atoms with Crippen molar-refractivity contribution in [2.45, 2.75) is 5.16 Å². The topological polar surface area (TPSA) is 70.7 Å². The van der Waals surface area contributed by atoms with Gasteiger partial charge in [0.25, 0.3) is 0 Å². The maximum absolute atomic E-state index is 11.7. The van der Waals surface area contributed by atoms with Crippen LogP contribution in [0.15, 0.2) is 29.7 Å². The Kier molecular flexibility index (Phi) is 4.46. The van der Waals surface area contributed by atoms with Gasteiger partial charge in [-0.2, -0.15) is 5.10 Å². The Labute approximate surface area is 117 Å². The van der Waals surface area contributed by atoms with Crippen molar-refractivity contribution >= 4 is 46.6 Å². The molecular formula is C10H8Cl2N4OS. The number of hydrogen-bond acceptors (Lipinski definition) is 4. The number of nitrogens with one attached hydrogen (secondary N) is 2. The van der Waals surface area contributed by atoms with Crippen LogP contribution in [0.4, 0.5) is 5.69 Å². The molecule has 0 unspecified atom stereocenters. The van der Waals surface area contributed by atoms with Gasteiger partial charge in [-0.05, 0) is 18.2 Å². The number of benzene rings is 1. The fraction of sp³-hybridized carbons (Fsp3) is 0.100. The van der Waals surface area contributed by atoms with E-state index in [1.54, 1.807) is 18.2 Å². The van der Waals surface area contributed by atoms with Gasteiger partial charge >= 0.3 is 0 Å². The monoisotopic (exact) mass is 302 g/mol. The van der Waals surface area contributed by atoms with Crippen LogP contribution >= 0.6 is 35.0 Å². The molecule has 1 heterocycles. The molecule has 2 rings (SSSR count). The van der Waals surface area contributed by atoms with Crippen molar-refractivity contribution < 1.29 is 4.79 Å². The van der Waals surface area contributed by atoms with Crippen LogP contribution in [0.1, 0.15) is 0 Å². The van der Waals surface area contributed by atoms with Crippen molar-refractivity contribution in [3.63, 3.8) is 0 Å². The molecule has 1 aromatic carbocycles. The number of hydrogen-bond donors (Lipinski definition) is 2. The van der Waals surface area contributed by atoms with E-state index in [-0.39, 0.29) is 11.7 Å². The van der Waals surface area contributed by atoms with E-state index in [1.165, 1.54) is 18.1 Å². The van der Waals surface area contributed by atoms with E-state index in [9.17, 15) is 4.79 Å². The summed E-state index contributed by atoms with van der Waals surface area (Å²) in [5.74, 6) is 0.0364. The molecule has 0 fully saturated rings. The zero-order valence-electron chi connectivity index (χ0n) is 8.98. The van der Waals surface area contributed by atoms with Gasteiger partial charge in [0.05, 0.1) is 16.5 Å². The largest absolute Gasteiger partial charge is 0.324 e. The lowest BCUT2D eigenvalue weighted by Crippen LogP contribution is -2.14. The van der Waals surface area contributed by atoms with Crippen LogP contribution in [0.3, 0.4) is 0 Å². The lowest BCUT2D eigenvalue weighted by molar-refractivity contribution is -0.113. The summed E-state index contributed by atoms with van der Waals surface area (Å²) >= 11 is 13.0. The number of nitrogens with zero attached hydrogens (tertiary/aromatic N) is 2. The van der Waals surface area contributed by atoms with Crippen LogP contribution in [0.5, 0.6) is 0 Å². The molecule has 0 radical (unpaired) electrons. The molecule has 94 valence electrons. The van der Waals surface area contributed by atoms with Crippen molar-refractivity contribution in [1.82, 2.24) is 15.2 Å². The van der Waals surface area contributed by atoms with E-state index in [0.717, 1.165) is 0 Å². The molecule has 8 heteroatoms. The summed E-state index contributed by atoms with van der Waals surface area (Å²) in [7, 11) is 0. The quantitative estimate of drug-likeness (QED) is 0.852. The summed E-state index contributed by atoms with van der Waals surface area (Å²) in [6.07, 6.45) is 1.39. The fourth-order valence-corrected chi connectivity index (χ4v) is 2.21. The van der Waals surface area contributed by atoms with Gasteiger partial charge in [0, 0.05) is 5.02 Å². The first-order chi connectivity index (χ1) is 8.65. The lowest BCUT2D eigenvalue weighted by atomic mass is 10.3. The number of halogens is 2. The molecule has 5 nitrogen and oxygen atoms in total. The zero-order valence-corrected chi connectivity index (χ0v) is 11.3. The molecule has 1 aromatic heterocycles. The molecule has 0 saturated heterocycles. The second-order valence-electron chi connectivity index (χ2n) is 3.25. The predicted octanol–water partition coefficient (Wildman–Crippen LogP) is 2.84. The smallest absolute Gasteiger partial charge is 0.234 e. The Balaban J connectivity index is 1.91. The molecule has 1 amide bonds. The SMILES string of the molecule is O=C(CSc1ncn[nH]1)Nc1ccc(Cl)cc1Cl. The van der Waals surface area contributed by atoms with Crippen LogP contribution in [0, 0.1) is 0 Å².